The number of ether oxygens (including phenoxy) is 2. The van der Waals surface area contributed by atoms with E-state index in [0.717, 1.165) is 27.9 Å². The molecule has 0 N–H and O–H groups in total. The summed E-state index contributed by atoms with van der Waals surface area (Å²) in [6.45, 7) is 4.70. The number of nitrogens with zero attached hydrogens (tertiary/aromatic N) is 4. The third-order valence-corrected chi connectivity index (χ3v) is 6.27. The zero-order chi connectivity index (χ0) is 23.8. The lowest BCUT2D eigenvalue weighted by atomic mass is 10.2. The molecule has 0 aliphatic carbocycles. The van der Waals surface area contributed by atoms with Crippen LogP contribution in [0.2, 0.25) is 5.02 Å². The molecule has 0 spiro atoms. The summed E-state index contributed by atoms with van der Waals surface area (Å²) in [6, 6.07) is 23.6. The SMILES string of the molecule is CCOc1cc(/C=N/n2c(C)nnc2SCc2ccccc2)ccc1OCc1ccccc1Cl. The highest BCUT2D eigenvalue weighted by atomic mass is 35.5. The Hall–Kier alpha value is -3.29. The molecule has 0 radical (unpaired) electrons. The average Bonchev–Trinajstić information content (AvgIpc) is 3.21. The molecule has 0 aliphatic heterocycles. The lowest BCUT2D eigenvalue weighted by Gasteiger charge is -2.13. The molecule has 0 bridgehead atoms. The van der Waals surface area contributed by atoms with Gasteiger partial charge in [-0.25, -0.2) is 0 Å². The lowest BCUT2D eigenvalue weighted by Crippen LogP contribution is -2.01. The summed E-state index contributed by atoms with van der Waals surface area (Å²) in [6.07, 6.45) is 1.77. The fraction of sp³-hybridized carbons (Fsp3) is 0.192. The van der Waals surface area contributed by atoms with Gasteiger partial charge in [0.15, 0.2) is 17.3 Å². The number of halogens is 1. The number of aryl methyl sites for hydroxylation is 1. The van der Waals surface area contributed by atoms with E-state index >= 15 is 0 Å². The van der Waals surface area contributed by atoms with E-state index in [2.05, 4.69) is 27.4 Å². The van der Waals surface area contributed by atoms with Gasteiger partial charge in [-0.2, -0.15) is 9.78 Å². The monoisotopic (exact) mass is 492 g/mol. The number of hydrogen-bond acceptors (Lipinski definition) is 6. The highest BCUT2D eigenvalue weighted by molar-refractivity contribution is 7.98. The molecule has 0 atom stereocenters. The minimum absolute atomic E-state index is 0.356. The van der Waals surface area contributed by atoms with Gasteiger partial charge in [0.05, 0.1) is 12.8 Å². The Morgan fingerprint density at radius 1 is 0.971 bits per heavy atom. The number of hydrogen-bond donors (Lipinski definition) is 0. The van der Waals surface area contributed by atoms with Crippen molar-refractivity contribution in [2.24, 2.45) is 5.10 Å². The van der Waals surface area contributed by atoms with Crippen molar-refractivity contribution >= 4 is 29.6 Å². The fourth-order valence-electron chi connectivity index (χ4n) is 3.17. The van der Waals surface area contributed by atoms with Gasteiger partial charge in [-0.05, 0) is 49.2 Å². The van der Waals surface area contributed by atoms with Crippen LogP contribution in [0.3, 0.4) is 0 Å². The maximum atomic E-state index is 6.25. The zero-order valence-corrected chi connectivity index (χ0v) is 20.6. The van der Waals surface area contributed by atoms with Crippen molar-refractivity contribution in [1.82, 2.24) is 14.9 Å². The van der Waals surface area contributed by atoms with Gasteiger partial charge in [0.2, 0.25) is 5.16 Å². The molecular formula is C26H25ClN4O2S. The van der Waals surface area contributed by atoms with Crippen LogP contribution in [-0.2, 0) is 12.4 Å². The number of thioether (sulfide) groups is 1. The van der Waals surface area contributed by atoms with Crippen molar-refractivity contribution in [3.8, 4) is 11.5 Å². The summed E-state index contributed by atoms with van der Waals surface area (Å²) < 4.78 is 13.6. The second-order valence-electron chi connectivity index (χ2n) is 7.38. The van der Waals surface area contributed by atoms with Crippen molar-refractivity contribution in [3.63, 3.8) is 0 Å². The second kappa shape index (κ2) is 11.7. The second-order valence-corrected chi connectivity index (χ2v) is 8.73. The Labute approximate surface area is 208 Å². The molecular weight excluding hydrogens is 468 g/mol. The number of aromatic nitrogens is 3. The number of benzene rings is 3. The molecule has 6 nitrogen and oxygen atoms in total. The van der Waals surface area contributed by atoms with E-state index in [9.17, 15) is 0 Å². The van der Waals surface area contributed by atoms with Gasteiger partial charge in [0, 0.05) is 16.3 Å². The minimum Gasteiger partial charge on any atom is -0.490 e. The van der Waals surface area contributed by atoms with Crippen molar-refractivity contribution in [3.05, 3.63) is 100 Å². The Bertz CT molecular complexity index is 1260. The molecule has 4 aromatic rings. The van der Waals surface area contributed by atoms with E-state index in [4.69, 9.17) is 21.1 Å². The average molecular weight is 493 g/mol. The van der Waals surface area contributed by atoms with E-state index < -0.39 is 0 Å². The van der Waals surface area contributed by atoms with E-state index in [0.29, 0.717) is 29.7 Å². The van der Waals surface area contributed by atoms with Gasteiger partial charge in [0.25, 0.3) is 0 Å². The summed E-state index contributed by atoms with van der Waals surface area (Å²) >= 11 is 7.84. The zero-order valence-electron chi connectivity index (χ0n) is 19.0. The van der Waals surface area contributed by atoms with Gasteiger partial charge >= 0.3 is 0 Å². The first-order chi connectivity index (χ1) is 16.6. The highest BCUT2D eigenvalue weighted by Crippen LogP contribution is 2.30. The summed E-state index contributed by atoms with van der Waals surface area (Å²) in [5.41, 5.74) is 3.01. The summed E-state index contributed by atoms with van der Waals surface area (Å²) in [7, 11) is 0. The molecule has 1 aromatic heterocycles. The Morgan fingerprint density at radius 2 is 1.76 bits per heavy atom. The van der Waals surface area contributed by atoms with Crippen LogP contribution in [0.1, 0.15) is 29.4 Å². The van der Waals surface area contributed by atoms with Crippen LogP contribution in [0.15, 0.2) is 83.1 Å². The highest BCUT2D eigenvalue weighted by Gasteiger charge is 2.10. The van der Waals surface area contributed by atoms with Gasteiger partial charge in [0.1, 0.15) is 6.61 Å². The standard InChI is InChI=1S/C26H25ClN4O2S/c1-3-32-25-15-21(13-14-24(25)33-17-22-11-7-8-12-23(22)27)16-28-31-19(2)29-30-26(31)34-18-20-9-5-4-6-10-20/h4-16H,3,17-18H2,1-2H3/b28-16+. The molecule has 4 rings (SSSR count). The third-order valence-electron chi connectivity index (χ3n) is 4.91. The van der Waals surface area contributed by atoms with Crippen LogP contribution in [-0.4, -0.2) is 27.7 Å². The molecule has 1 heterocycles. The maximum absolute atomic E-state index is 6.25. The normalized spacial score (nSPS) is 11.1. The van der Waals surface area contributed by atoms with Crippen molar-refractivity contribution in [1.29, 1.82) is 0 Å². The molecule has 0 amide bonds. The summed E-state index contributed by atoms with van der Waals surface area (Å²) in [5, 5.41) is 14.5. The van der Waals surface area contributed by atoms with Crippen LogP contribution in [0.25, 0.3) is 0 Å². The lowest BCUT2D eigenvalue weighted by molar-refractivity contribution is 0.269. The first kappa shape index (κ1) is 23.9. The van der Waals surface area contributed by atoms with E-state index in [1.54, 1.807) is 22.7 Å². The van der Waals surface area contributed by atoms with Gasteiger partial charge in [-0.3, -0.25) is 0 Å². The van der Waals surface area contributed by atoms with E-state index in [1.165, 1.54) is 5.56 Å². The third kappa shape index (κ3) is 6.18. The van der Waals surface area contributed by atoms with Crippen LogP contribution in [0, 0.1) is 6.92 Å². The van der Waals surface area contributed by atoms with E-state index in [-0.39, 0.29) is 0 Å². The topological polar surface area (TPSA) is 61.5 Å². The first-order valence-electron chi connectivity index (χ1n) is 10.9. The van der Waals surface area contributed by atoms with E-state index in [1.807, 2.05) is 74.5 Å². The maximum Gasteiger partial charge on any atom is 0.212 e. The molecule has 3 aromatic carbocycles. The van der Waals surface area contributed by atoms with Gasteiger partial charge < -0.3 is 9.47 Å². The molecule has 8 heteroatoms. The van der Waals surface area contributed by atoms with Crippen LogP contribution in [0.5, 0.6) is 11.5 Å². The molecule has 0 saturated carbocycles. The molecule has 0 fully saturated rings. The predicted octanol–water partition coefficient (Wildman–Crippen LogP) is 6.39. The largest absolute Gasteiger partial charge is 0.490 e. The van der Waals surface area contributed by atoms with Gasteiger partial charge in [-0.1, -0.05) is 71.9 Å². The quantitative estimate of drug-likeness (QED) is 0.189. The fourth-order valence-corrected chi connectivity index (χ4v) is 4.25. The summed E-state index contributed by atoms with van der Waals surface area (Å²) in [4.78, 5) is 0. The van der Waals surface area contributed by atoms with Crippen molar-refractivity contribution in [2.75, 3.05) is 6.61 Å². The Kier molecular flexibility index (Phi) is 8.22. The van der Waals surface area contributed by atoms with Crippen molar-refractivity contribution < 1.29 is 9.47 Å². The Balaban J connectivity index is 1.48. The first-order valence-corrected chi connectivity index (χ1v) is 12.3. The Morgan fingerprint density at radius 3 is 2.56 bits per heavy atom. The van der Waals surface area contributed by atoms with Gasteiger partial charge in [-0.15, -0.1) is 10.2 Å². The molecule has 0 aliphatic rings. The molecule has 174 valence electrons. The van der Waals surface area contributed by atoms with Crippen LogP contribution in [0.4, 0.5) is 0 Å². The number of rotatable bonds is 10. The smallest absolute Gasteiger partial charge is 0.212 e. The minimum atomic E-state index is 0.356. The van der Waals surface area contributed by atoms with Crippen LogP contribution >= 0.6 is 23.4 Å². The van der Waals surface area contributed by atoms with Crippen LogP contribution < -0.4 is 9.47 Å². The molecule has 34 heavy (non-hydrogen) atoms. The summed E-state index contributed by atoms with van der Waals surface area (Å²) in [5.74, 6) is 2.81. The predicted molar refractivity (Wildman–Crippen MR) is 137 cm³/mol. The molecule has 0 saturated heterocycles. The van der Waals surface area contributed by atoms with Crippen molar-refractivity contribution in [2.45, 2.75) is 31.4 Å². The molecule has 0 unspecified atom stereocenters.